The second kappa shape index (κ2) is 9.03. The van der Waals surface area contributed by atoms with Crippen molar-refractivity contribution in [2.75, 3.05) is 7.11 Å². The third kappa shape index (κ3) is 5.75. The van der Waals surface area contributed by atoms with Gasteiger partial charge in [-0.3, -0.25) is 0 Å². The molecule has 8 heteroatoms. The number of carbonyl (C=O) groups is 2. The summed E-state index contributed by atoms with van der Waals surface area (Å²) in [7, 11) is 1.21. The smallest absolute Gasteiger partial charge is 0.408 e. The van der Waals surface area contributed by atoms with Crippen LogP contribution in [0.5, 0.6) is 0 Å². The van der Waals surface area contributed by atoms with Crippen molar-refractivity contribution in [2.24, 2.45) is 0 Å². The van der Waals surface area contributed by atoms with E-state index < -0.39 is 18.1 Å². The van der Waals surface area contributed by atoms with Crippen molar-refractivity contribution in [2.45, 2.75) is 19.1 Å². The summed E-state index contributed by atoms with van der Waals surface area (Å²) in [5.74, 6) is -0.667. The van der Waals surface area contributed by atoms with Crippen molar-refractivity contribution < 1.29 is 23.8 Å². The number of nitrogens with zero attached hydrogens (tertiary/aromatic N) is 1. The lowest BCUT2D eigenvalue weighted by Gasteiger charge is -2.16. The number of carbonyl (C=O) groups excluding carboxylic acids is 2. The van der Waals surface area contributed by atoms with E-state index in [0.717, 1.165) is 5.56 Å². The number of hydrogen-bond donors (Lipinski definition) is 1. The van der Waals surface area contributed by atoms with E-state index in [1.54, 1.807) is 12.1 Å². The van der Waals surface area contributed by atoms with Gasteiger partial charge in [-0.1, -0.05) is 30.3 Å². The Hall–Kier alpha value is -2.61. The zero-order valence-electron chi connectivity index (χ0n) is 13.5. The first-order valence-electron chi connectivity index (χ1n) is 7.42. The second-order valence-electron chi connectivity index (χ2n) is 5.15. The fraction of sp³-hybridized carbons (Fsp3) is 0.235. The minimum atomic E-state index is -1.03. The Balaban J connectivity index is 1.99. The number of methoxy groups -OCH3 is 1. The SMILES string of the molecule is COC(=O)[C@H](Cc1ccc(Br)c[n+]1[O-])NC(=O)OCc1ccccc1. The predicted octanol–water partition coefficient (Wildman–Crippen LogP) is 2.09. The second-order valence-corrected chi connectivity index (χ2v) is 6.07. The van der Waals surface area contributed by atoms with Crippen LogP contribution in [0.15, 0.2) is 53.1 Å². The molecule has 0 aliphatic carbocycles. The molecule has 1 amide bonds. The normalized spacial score (nSPS) is 11.4. The van der Waals surface area contributed by atoms with E-state index in [1.807, 2.05) is 30.3 Å². The first-order valence-corrected chi connectivity index (χ1v) is 8.21. The lowest BCUT2D eigenvalue weighted by atomic mass is 10.1. The van der Waals surface area contributed by atoms with Crippen LogP contribution in [0.4, 0.5) is 4.79 Å². The number of alkyl carbamates (subject to hydrolysis) is 1. The summed E-state index contributed by atoms with van der Waals surface area (Å²) in [5, 5.41) is 14.3. The zero-order valence-corrected chi connectivity index (χ0v) is 15.1. The molecular formula is C17H17BrN2O5. The average Bonchev–Trinajstić information content (AvgIpc) is 2.61. The molecule has 2 rings (SSSR count). The number of amides is 1. The highest BCUT2D eigenvalue weighted by Gasteiger charge is 2.26. The van der Waals surface area contributed by atoms with Gasteiger partial charge in [0.1, 0.15) is 12.6 Å². The van der Waals surface area contributed by atoms with Crippen LogP contribution in [0.2, 0.25) is 0 Å². The number of pyridine rings is 1. The monoisotopic (exact) mass is 408 g/mol. The van der Waals surface area contributed by atoms with Crippen molar-refractivity contribution >= 4 is 28.0 Å². The van der Waals surface area contributed by atoms with Gasteiger partial charge in [0.25, 0.3) is 0 Å². The molecule has 0 unspecified atom stereocenters. The highest BCUT2D eigenvalue weighted by Crippen LogP contribution is 2.08. The molecule has 1 aromatic heterocycles. The van der Waals surface area contributed by atoms with Crippen LogP contribution in [0.25, 0.3) is 0 Å². The van der Waals surface area contributed by atoms with Crippen LogP contribution in [-0.4, -0.2) is 25.2 Å². The number of esters is 1. The topological polar surface area (TPSA) is 91.6 Å². The number of rotatable bonds is 6. The summed E-state index contributed by atoms with van der Waals surface area (Å²) in [6.45, 7) is 0.0698. The first kappa shape index (κ1) is 18.7. The van der Waals surface area contributed by atoms with Crippen LogP contribution >= 0.6 is 15.9 Å². The number of ether oxygens (including phenoxy) is 2. The van der Waals surface area contributed by atoms with Crippen molar-refractivity contribution in [1.82, 2.24) is 5.32 Å². The molecule has 0 radical (unpaired) electrons. The predicted molar refractivity (Wildman–Crippen MR) is 92.4 cm³/mol. The van der Waals surface area contributed by atoms with Crippen LogP contribution in [-0.2, 0) is 27.3 Å². The molecule has 0 fully saturated rings. The highest BCUT2D eigenvalue weighted by molar-refractivity contribution is 9.10. The van der Waals surface area contributed by atoms with Crippen molar-refractivity contribution in [3.8, 4) is 0 Å². The molecule has 132 valence electrons. The molecule has 0 saturated carbocycles. The minimum Gasteiger partial charge on any atom is -0.618 e. The maximum Gasteiger partial charge on any atom is 0.408 e. The number of aromatic nitrogens is 1. The van der Waals surface area contributed by atoms with E-state index in [4.69, 9.17) is 4.74 Å². The van der Waals surface area contributed by atoms with Crippen LogP contribution in [0.3, 0.4) is 0 Å². The molecule has 0 bridgehead atoms. The van der Waals surface area contributed by atoms with Gasteiger partial charge in [-0.2, -0.15) is 4.73 Å². The molecule has 2 aromatic rings. The standard InChI is InChI=1S/C17H17BrN2O5/c1-24-16(21)15(9-14-8-7-13(18)10-20(14)23)19-17(22)25-11-12-5-3-2-4-6-12/h2-8,10,15H,9,11H2,1H3,(H,19,22)/t15-/m0/s1. The van der Waals surface area contributed by atoms with Gasteiger partial charge in [0, 0.05) is 6.07 Å². The third-order valence-corrected chi connectivity index (χ3v) is 3.83. The fourth-order valence-electron chi connectivity index (χ4n) is 2.10. The lowest BCUT2D eigenvalue weighted by molar-refractivity contribution is -0.614. The molecule has 1 atom stereocenters. The van der Waals surface area contributed by atoms with Gasteiger partial charge in [-0.05, 0) is 27.6 Å². The van der Waals surface area contributed by atoms with Crippen molar-refractivity contribution in [3.63, 3.8) is 0 Å². The van der Waals surface area contributed by atoms with E-state index in [0.29, 0.717) is 14.9 Å². The maximum atomic E-state index is 11.9. The van der Waals surface area contributed by atoms with E-state index in [2.05, 4.69) is 26.0 Å². The fourth-order valence-corrected chi connectivity index (χ4v) is 2.42. The Morgan fingerprint density at radius 3 is 2.60 bits per heavy atom. The average molecular weight is 409 g/mol. The van der Waals surface area contributed by atoms with Crippen molar-refractivity contribution in [1.29, 1.82) is 0 Å². The molecule has 7 nitrogen and oxygen atoms in total. The molecule has 0 aliphatic heterocycles. The molecular weight excluding hydrogens is 392 g/mol. The molecule has 1 N–H and O–H groups in total. The third-order valence-electron chi connectivity index (χ3n) is 3.36. The molecule has 0 aliphatic rings. The number of benzene rings is 1. The Morgan fingerprint density at radius 2 is 1.96 bits per heavy atom. The number of halogens is 1. The number of nitrogens with one attached hydrogen (secondary N) is 1. The summed E-state index contributed by atoms with van der Waals surface area (Å²) in [5.41, 5.74) is 1.12. The van der Waals surface area contributed by atoms with E-state index in [9.17, 15) is 14.8 Å². The molecule has 25 heavy (non-hydrogen) atoms. The van der Waals surface area contributed by atoms with Crippen LogP contribution < -0.4 is 10.0 Å². The van der Waals surface area contributed by atoms with Gasteiger partial charge in [0.15, 0.2) is 11.9 Å². The Labute approximate surface area is 153 Å². The molecule has 1 aromatic carbocycles. The summed E-state index contributed by atoms with van der Waals surface area (Å²) in [4.78, 5) is 23.8. The quantitative estimate of drug-likeness (QED) is 0.448. The molecule has 0 spiro atoms. The van der Waals surface area contributed by atoms with Gasteiger partial charge in [0.2, 0.25) is 0 Å². The largest absolute Gasteiger partial charge is 0.618 e. The zero-order chi connectivity index (χ0) is 18.2. The first-order chi connectivity index (χ1) is 12.0. The van der Waals surface area contributed by atoms with Crippen molar-refractivity contribution in [3.05, 3.63) is 69.6 Å². The van der Waals surface area contributed by atoms with E-state index >= 15 is 0 Å². The van der Waals surface area contributed by atoms with Crippen LogP contribution in [0, 0.1) is 5.21 Å². The highest BCUT2D eigenvalue weighted by atomic mass is 79.9. The lowest BCUT2D eigenvalue weighted by Crippen LogP contribution is -2.46. The molecule has 0 saturated heterocycles. The Morgan fingerprint density at radius 1 is 1.24 bits per heavy atom. The number of hydrogen-bond acceptors (Lipinski definition) is 5. The van der Waals surface area contributed by atoms with Gasteiger partial charge in [-0.25, -0.2) is 9.59 Å². The van der Waals surface area contributed by atoms with Crippen LogP contribution in [0.1, 0.15) is 11.3 Å². The van der Waals surface area contributed by atoms with Gasteiger partial charge < -0.3 is 20.0 Å². The van der Waals surface area contributed by atoms with Gasteiger partial charge in [-0.15, -0.1) is 0 Å². The Bertz CT molecular complexity index is 739. The van der Waals surface area contributed by atoms with E-state index in [-0.39, 0.29) is 13.0 Å². The summed E-state index contributed by atoms with van der Waals surface area (Å²) < 4.78 is 11.0. The van der Waals surface area contributed by atoms with Gasteiger partial charge in [0.05, 0.1) is 18.0 Å². The summed E-state index contributed by atoms with van der Waals surface area (Å²) >= 11 is 3.19. The van der Waals surface area contributed by atoms with E-state index in [1.165, 1.54) is 13.3 Å². The summed E-state index contributed by atoms with van der Waals surface area (Å²) in [6.07, 6.45) is 0.523. The minimum absolute atomic E-state index is 0.0239. The summed E-state index contributed by atoms with van der Waals surface area (Å²) in [6, 6.07) is 11.3. The molecule has 1 heterocycles. The Kier molecular flexibility index (Phi) is 6.76. The maximum absolute atomic E-state index is 11.9. The van der Waals surface area contributed by atoms with Gasteiger partial charge >= 0.3 is 12.1 Å².